The van der Waals surface area contributed by atoms with Gasteiger partial charge in [0.15, 0.2) is 5.11 Å². The predicted octanol–water partition coefficient (Wildman–Crippen LogP) is 3.10. The standard InChI is InChI=1S/C18H14N2OS/c21-17-16-12-8-9-13(10-12)19(16)18(22)20(17)15-7-3-5-11-4-1-2-6-14(11)15/h1-9,12-13,16H,10H2/t12-,13+,16-/m1/s1. The number of thiocarbonyl (C=S) groups is 1. The Morgan fingerprint density at radius 3 is 2.73 bits per heavy atom. The Morgan fingerprint density at radius 1 is 1.05 bits per heavy atom. The van der Waals surface area contributed by atoms with Crippen molar-refractivity contribution in [1.82, 2.24) is 4.90 Å². The van der Waals surface area contributed by atoms with Crippen LogP contribution in [0, 0.1) is 5.92 Å². The van der Waals surface area contributed by atoms with Crippen molar-refractivity contribution in [2.45, 2.75) is 18.5 Å². The molecule has 3 nitrogen and oxygen atoms in total. The molecular weight excluding hydrogens is 292 g/mol. The molecule has 3 aliphatic rings. The molecule has 2 aliphatic heterocycles. The van der Waals surface area contributed by atoms with Gasteiger partial charge in [0.2, 0.25) is 0 Å². The number of benzene rings is 2. The maximum Gasteiger partial charge on any atom is 0.256 e. The molecule has 22 heavy (non-hydrogen) atoms. The third-order valence-corrected chi connectivity index (χ3v) is 5.44. The summed E-state index contributed by atoms with van der Waals surface area (Å²) in [4.78, 5) is 16.9. The van der Waals surface area contributed by atoms with Crippen LogP contribution < -0.4 is 4.90 Å². The van der Waals surface area contributed by atoms with Crippen molar-refractivity contribution in [3.8, 4) is 0 Å². The zero-order valence-corrected chi connectivity index (χ0v) is 12.7. The summed E-state index contributed by atoms with van der Waals surface area (Å²) in [5, 5.41) is 2.86. The lowest BCUT2D eigenvalue weighted by Gasteiger charge is -2.25. The molecule has 1 amide bonds. The Labute approximate surface area is 133 Å². The molecule has 0 saturated carbocycles. The minimum absolute atomic E-state index is 0.0959. The van der Waals surface area contributed by atoms with E-state index < -0.39 is 0 Å². The van der Waals surface area contributed by atoms with E-state index in [1.807, 2.05) is 24.3 Å². The highest BCUT2D eigenvalue weighted by Gasteiger charge is 2.55. The van der Waals surface area contributed by atoms with Gasteiger partial charge in [-0.2, -0.15) is 0 Å². The van der Waals surface area contributed by atoms with Crippen molar-refractivity contribution in [1.29, 1.82) is 0 Å². The second-order valence-electron chi connectivity index (χ2n) is 6.16. The highest BCUT2D eigenvalue weighted by atomic mass is 32.1. The lowest BCUT2D eigenvalue weighted by Crippen LogP contribution is -2.38. The summed E-state index contributed by atoms with van der Waals surface area (Å²) in [6, 6.07) is 14.4. The van der Waals surface area contributed by atoms with E-state index in [-0.39, 0.29) is 11.9 Å². The van der Waals surface area contributed by atoms with Crippen molar-refractivity contribution >= 4 is 39.7 Å². The lowest BCUT2D eigenvalue weighted by atomic mass is 10.0. The average Bonchev–Trinajstić information content (AvgIpc) is 3.21. The molecule has 5 rings (SSSR count). The summed E-state index contributed by atoms with van der Waals surface area (Å²) in [6.07, 6.45) is 5.40. The number of fused-ring (bicyclic) bond motifs is 6. The quantitative estimate of drug-likeness (QED) is 0.597. The topological polar surface area (TPSA) is 23.6 Å². The number of carbonyl (C=O) groups is 1. The number of rotatable bonds is 1. The largest absolute Gasteiger partial charge is 0.329 e. The van der Waals surface area contributed by atoms with Crippen molar-refractivity contribution in [2.75, 3.05) is 4.90 Å². The highest BCUT2D eigenvalue weighted by molar-refractivity contribution is 7.80. The van der Waals surface area contributed by atoms with Crippen LogP contribution in [0.2, 0.25) is 0 Å². The SMILES string of the molecule is O=C1[C@H]2[C@@H]3C=C[C@@H](C3)N2C(=S)N1c1cccc2ccccc12. The summed E-state index contributed by atoms with van der Waals surface area (Å²) >= 11 is 5.66. The van der Waals surface area contributed by atoms with Gasteiger partial charge in [0.1, 0.15) is 6.04 Å². The smallest absolute Gasteiger partial charge is 0.256 e. The van der Waals surface area contributed by atoms with E-state index in [2.05, 4.69) is 35.3 Å². The van der Waals surface area contributed by atoms with Gasteiger partial charge in [0, 0.05) is 11.3 Å². The van der Waals surface area contributed by atoms with E-state index in [1.54, 1.807) is 4.90 Å². The van der Waals surface area contributed by atoms with Gasteiger partial charge in [-0.1, -0.05) is 48.6 Å². The fraction of sp³-hybridized carbons (Fsp3) is 0.222. The van der Waals surface area contributed by atoms with Crippen LogP contribution in [0.4, 0.5) is 5.69 Å². The predicted molar refractivity (Wildman–Crippen MR) is 90.7 cm³/mol. The monoisotopic (exact) mass is 306 g/mol. The van der Waals surface area contributed by atoms with E-state index in [4.69, 9.17) is 12.2 Å². The number of amides is 1. The summed E-state index contributed by atoms with van der Waals surface area (Å²) < 4.78 is 0. The van der Waals surface area contributed by atoms with Gasteiger partial charge < -0.3 is 4.90 Å². The molecule has 3 atom stereocenters. The first-order chi connectivity index (χ1) is 10.8. The number of carbonyl (C=O) groups excluding carboxylic acids is 1. The number of anilines is 1. The van der Waals surface area contributed by atoms with E-state index >= 15 is 0 Å². The van der Waals surface area contributed by atoms with Gasteiger partial charge >= 0.3 is 0 Å². The Kier molecular flexibility index (Phi) is 2.34. The molecule has 4 heteroatoms. The zero-order valence-electron chi connectivity index (χ0n) is 11.8. The van der Waals surface area contributed by atoms with E-state index in [9.17, 15) is 4.79 Å². The van der Waals surface area contributed by atoms with Crippen LogP contribution in [-0.2, 0) is 4.79 Å². The second kappa shape index (κ2) is 4.17. The molecular formula is C18H14N2OS. The van der Waals surface area contributed by atoms with Gasteiger partial charge in [-0.05, 0) is 30.1 Å². The molecule has 0 radical (unpaired) electrons. The number of hydrogen-bond acceptors (Lipinski definition) is 2. The van der Waals surface area contributed by atoms with E-state index in [0.29, 0.717) is 17.1 Å². The van der Waals surface area contributed by atoms with Crippen LogP contribution in [0.25, 0.3) is 10.8 Å². The molecule has 108 valence electrons. The average molecular weight is 306 g/mol. The maximum atomic E-state index is 13.0. The molecule has 2 aromatic rings. The molecule has 0 unspecified atom stereocenters. The Bertz CT molecular complexity index is 824. The zero-order chi connectivity index (χ0) is 14.8. The molecule has 2 bridgehead atoms. The third-order valence-electron chi connectivity index (χ3n) is 5.05. The molecule has 0 spiro atoms. The van der Waals surface area contributed by atoms with E-state index in [0.717, 1.165) is 22.9 Å². The van der Waals surface area contributed by atoms with Crippen molar-refractivity contribution < 1.29 is 4.79 Å². The minimum atomic E-state index is -0.0959. The minimum Gasteiger partial charge on any atom is -0.329 e. The fourth-order valence-corrected chi connectivity index (χ4v) is 4.53. The fourth-order valence-electron chi connectivity index (χ4n) is 4.09. The Balaban J connectivity index is 1.67. The maximum absolute atomic E-state index is 13.0. The van der Waals surface area contributed by atoms with E-state index in [1.165, 1.54) is 0 Å². The Morgan fingerprint density at radius 2 is 1.86 bits per heavy atom. The Hall–Kier alpha value is -2.20. The normalized spacial score (nSPS) is 29.0. The molecule has 0 aromatic heterocycles. The molecule has 2 saturated heterocycles. The van der Waals surface area contributed by atoms with Gasteiger partial charge in [0.05, 0.1) is 11.7 Å². The van der Waals surface area contributed by atoms with Gasteiger partial charge in [-0.3, -0.25) is 9.69 Å². The first kappa shape index (κ1) is 12.4. The summed E-state index contributed by atoms with van der Waals surface area (Å²) in [6.45, 7) is 0. The molecule has 0 N–H and O–H groups in total. The van der Waals surface area contributed by atoms with Crippen molar-refractivity contribution in [3.63, 3.8) is 0 Å². The first-order valence-electron chi connectivity index (χ1n) is 7.58. The van der Waals surface area contributed by atoms with Crippen LogP contribution >= 0.6 is 12.2 Å². The van der Waals surface area contributed by atoms with Crippen LogP contribution in [-0.4, -0.2) is 28.0 Å². The molecule has 1 aliphatic carbocycles. The molecule has 2 fully saturated rings. The first-order valence-corrected chi connectivity index (χ1v) is 7.99. The molecule has 2 aromatic carbocycles. The molecule has 2 heterocycles. The highest BCUT2D eigenvalue weighted by Crippen LogP contribution is 2.44. The van der Waals surface area contributed by atoms with Crippen LogP contribution in [0.1, 0.15) is 6.42 Å². The van der Waals surface area contributed by atoms with Crippen molar-refractivity contribution in [3.05, 3.63) is 54.6 Å². The number of nitrogens with zero attached hydrogens (tertiary/aromatic N) is 2. The summed E-state index contributed by atoms with van der Waals surface area (Å²) in [5.41, 5.74) is 0.905. The van der Waals surface area contributed by atoms with Gasteiger partial charge in [0.25, 0.3) is 5.91 Å². The van der Waals surface area contributed by atoms with Gasteiger partial charge in [-0.25, -0.2) is 0 Å². The summed E-state index contributed by atoms with van der Waals surface area (Å²) in [7, 11) is 0. The second-order valence-corrected chi connectivity index (χ2v) is 6.52. The van der Waals surface area contributed by atoms with Gasteiger partial charge in [-0.15, -0.1) is 0 Å². The summed E-state index contributed by atoms with van der Waals surface area (Å²) in [5.74, 6) is 0.439. The van der Waals surface area contributed by atoms with Crippen LogP contribution in [0.3, 0.4) is 0 Å². The number of hydrogen-bond donors (Lipinski definition) is 0. The van der Waals surface area contributed by atoms with Crippen molar-refractivity contribution in [2.24, 2.45) is 5.92 Å². The van der Waals surface area contributed by atoms with Crippen LogP contribution in [0.5, 0.6) is 0 Å². The van der Waals surface area contributed by atoms with Crippen LogP contribution in [0.15, 0.2) is 54.6 Å². The lowest BCUT2D eigenvalue weighted by molar-refractivity contribution is -0.119. The third kappa shape index (κ3) is 1.40.